The molecule has 0 spiro atoms. The van der Waals surface area contributed by atoms with Gasteiger partial charge in [-0.05, 0) is 24.6 Å². The van der Waals surface area contributed by atoms with Crippen LogP contribution in [0.5, 0.6) is 0 Å². The molecule has 1 aromatic heterocycles. The molecule has 4 rings (SSSR count). The van der Waals surface area contributed by atoms with Gasteiger partial charge in [-0.2, -0.15) is 0 Å². The molecule has 5 heteroatoms. The van der Waals surface area contributed by atoms with E-state index in [0.717, 1.165) is 34.2 Å². The molecule has 2 fully saturated rings. The van der Waals surface area contributed by atoms with Gasteiger partial charge in [-0.15, -0.1) is 0 Å². The molecule has 1 aromatic carbocycles. The Balaban J connectivity index is 1.77. The second-order valence-corrected chi connectivity index (χ2v) is 7.90. The highest BCUT2D eigenvalue weighted by Crippen LogP contribution is 2.55. The average molecular weight is 362 g/mol. The van der Waals surface area contributed by atoms with Crippen molar-refractivity contribution in [2.24, 2.45) is 11.3 Å². The van der Waals surface area contributed by atoms with Crippen LogP contribution in [0.1, 0.15) is 20.3 Å². The first kappa shape index (κ1) is 14.4. The van der Waals surface area contributed by atoms with Gasteiger partial charge in [0.05, 0.1) is 11.6 Å². The molecular formula is C17H20BrN3O. The van der Waals surface area contributed by atoms with E-state index in [9.17, 15) is 0 Å². The number of nitrogens with zero attached hydrogens (tertiary/aromatic N) is 3. The van der Waals surface area contributed by atoms with Crippen molar-refractivity contribution in [3.63, 3.8) is 0 Å². The van der Waals surface area contributed by atoms with Crippen molar-refractivity contribution in [1.29, 1.82) is 0 Å². The van der Waals surface area contributed by atoms with Crippen LogP contribution in [0.2, 0.25) is 0 Å². The Bertz CT molecular complexity index is 733. The predicted molar refractivity (Wildman–Crippen MR) is 91.1 cm³/mol. The van der Waals surface area contributed by atoms with Gasteiger partial charge >= 0.3 is 0 Å². The summed E-state index contributed by atoms with van der Waals surface area (Å²) in [4.78, 5) is 11.3. The Kier molecular flexibility index (Phi) is 3.20. The molecule has 0 N–H and O–H groups in total. The van der Waals surface area contributed by atoms with E-state index in [2.05, 4.69) is 57.8 Å². The smallest absolute Gasteiger partial charge is 0.139 e. The monoisotopic (exact) mass is 361 g/mol. The number of fused-ring (bicyclic) bond motifs is 2. The van der Waals surface area contributed by atoms with Crippen LogP contribution < -0.4 is 4.90 Å². The van der Waals surface area contributed by atoms with E-state index in [-0.39, 0.29) is 5.41 Å². The minimum Gasteiger partial charge on any atom is -0.377 e. The minimum atomic E-state index is 0.152. The van der Waals surface area contributed by atoms with E-state index in [1.807, 2.05) is 12.1 Å². The molecule has 1 saturated heterocycles. The Morgan fingerprint density at radius 3 is 2.95 bits per heavy atom. The average Bonchev–Trinajstić information content (AvgIpc) is 2.92. The van der Waals surface area contributed by atoms with Gasteiger partial charge in [0.1, 0.15) is 12.1 Å². The molecule has 1 saturated carbocycles. The van der Waals surface area contributed by atoms with Gasteiger partial charge in [-0.3, -0.25) is 0 Å². The number of rotatable bonds is 2. The Morgan fingerprint density at radius 1 is 1.32 bits per heavy atom. The lowest BCUT2D eigenvalue weighted by molar-refractivity contribution is -0.101. The Morgan fingerprint density at radius 2 is 2.14 bits per heavy atom. The normalized spacial score (nSPS) is 29.2. The predicted octanol–water partition coefficient (Wildman–Crippen LogP) is 3.64. The molecule has 1 aliphatic heterocycles. The molecule has 22 heavy (non-hydrogen) atoms. The highest BCUT2D eigenvalue weighted by molar-refractivity contribution is 9.10. The second-order valence-electron chi connectivity index (χ2n) is 6.98. The third kappa shape index (κ3) is 1.91. The van der Waals surface area contributed by atoms with E-state index >= 15 is 0 Å². The van der Waals surface area contributed by atoms with Crippen LogP contribution in [0.3, 0.4) is 0 Å². The van der Waals surface area contributed by atoms with Gasteiger partial charge in [0.25, 0.3) is 0 Å². The molecule has 3 atom stereocenters. The number of benzene rings is 1. The SMILES string of the molecule is CN(c1ncnc2ccc(Br)cc12)C1C2CCOC2C1(C)C. The lowest BCUT2D eigenvalue weighted by atomic mass is 9.57. The molecule has 0 amide bonds. The van der Waals surface area contributed by atoms with Crippen molar-refractivity contribution in [1.82, 2.24) is 9.97 Å². The molecule has 116 valence electrons. The highest BCUT2D eigenvalue weighted by Gasteiger charge is 2.61. The summed E-state index contributed by atoms with van der Waals surface area (Å²) in [6.45, 7) is 5.50. The molecule has 2 aromatic rings. The van der Waals surface area contributed by atoms with Crippen LogP contribution in [0.25, 0.3) is 10.9 Å². The third-order valence-corrected chi connectivity index (χ3v) is 5.86. The second kappa shape index (κ2) is 4.90. The standard InChI is InChI=1S/C17H20BrN3O/c1-17(2)14(11-6-7-22-15(11)17)21(3)16-12-8-10(18)4-5-13(12)19-9-20-16/h4-5,8-9,11,14-15H,6-7H2,1-3H3. The van der Waals surface area contributed by atoms with Crippen LogP contribution >= 0.6 is 15.9 Å². The molecule has 2 aliphatic rings. The van der Waals surface area contributed by atoms with E-state index in [0.29, 0.717) is 18.1 Å². The van der Waals surface area contributed by atoms with Crippen molar-refractivity contribution in [2.75, 3.05) is 18.6 Å². The Hall–Kier alpha value is -1.20. The minimum absolute atomic E-state index is 0.152. The topological polar surface area (TPSA) is 38.2 Å². The number of anilines is 1. The molecule has 0 bridgehead atoms. The van der Waals surface area contributed by atoms with Gasteiger partial charge in [0.2, 0.25) is 0 Å². The summed E-state index contributed by atoms with van der Waals surface area (Å²) in [7, 11) is 2.16. The first-order valence-corrected chi connectivity index (χ1v) is 8.54. The number of aromatic nitrogens is 2. The largest absolute Gasteiger partial charge is 0.377 e. The number of hydrogen-bond donors (Lipinski definition) is 0. The lowest BCUT2D eigenvalue weighted by Crippen LogP contribution is -2.66. The van der Waals surface area contributed by atoms with Crippen LogP contribution in [-0.2, 0) is 4.74 Å². The maximum absolute atomic E-state index is 5.92. The van der Waals surface area contributed by atoms with Crippen molar-refractivity contribution in [2.45, 2.75) is 32.4 Å². The van der Waals surface area contributed by atoms with Crippen LogP contribution in [0, 0.1) is 11.3 Å². The highest BCUT2D eigenvalue weighted by atomic mass is 79.9. The van der Waals surface area contributed by atoms with E-state index in [1.165, 1.54) is 0 Å². The summed E-state index contributed by atoms with van der Waals surface area (Å²) in [5.74, 6) is 1.62. The van der Waals surface area contributed by atoms with Gasteiger partial charge in [-0.1, -0.05) is 29.8 Å². The van der Waals surface area contributed by atoms with Crippen LogP contribution in [0.4, 0.5) is 5.82 Å². The molecule has 4 nitrogen and oxygen atoms in total. The number of hydrogen-bond acceptors (Lipinski definition) is 4. The molecule has 3 unspecified atom stereocenters. The summed E-state index contributed by atoms with van der Waals surface area (Å²) in [5.41, 5.74) is 1.13. The molecule has 2 heterocycles. The summed E-state index contributed by atoms with van der Waals surface area (Å²) in [6.07, 6.45) is 3.20. The first-order valence-electron chi connectivity index (χ1n) is 7.75. The fourth-order valence-electron chi connectivity index (χ4n) is 4.51. The maximum atomic E-state index is 5.92. The molecule has 1 aliphatic carbocycles. The van der Waals surface area contributed by atoms with E-state index < -0.39 is 0 Å². The van der Waals surface area contributed by atoms with Crippen LogP contribution in [0.15, 0.2) is 29.0 Å². The fraction of sp³-hybridized carbons (Fsp3) is 0.529. The Labute approximate surface area is 139 Å². The zero-order chi connectivity index (χ0) is 15.5. The van der Waals surface area contributed by atoms with Gasteiger partial charge < -0.3 is 9.64 Å². The van der Waals surface area contributed by atoms with Crippen molar-refractivity contribution in [3.8, 4) is 0 Å². The maximum Gasteiger partial charge on any atom is 0.139 e. The zero-order valence-corrected chi connectivity index (χ0v) is 14.7. The summed E-state index contributed by atoms with van der Waals surface area (Å²) >= 11 is 3.56. The van der Waals surface area contributed by atoms with Crippen LogP contribution in [-0.4, -0.2) is 35.8 Å². The van der Waals surface area contributed by atoms with Gasteiger partial charge in [-0.25, -0.2) is 9.97 Å². The summed E-state index contributed by atoms with van der Waals surface area (Å²) < 4.78 is 6.98. The molecular weight excluding hydrogens is 342 g/mol. The number of halogens is 1. The quantitative estimate of drug-likeness (QED) is 0.818. The van der Waals surface area contributed by atoms with Gasteiger partial charge in [0, 0.05) is 40.9 Å². The van der Waals surface area contributed by atoms with Crippen molar-refractivity contribution < 1.29 is 4.74 Å². The summed E-state index contributed by atoms with van der Waals surface area (Å²) in [5, 5.41) is 1.09. The van der Waals surface area contributed by atoms with Crippen molar-refractivity contribution >= 4 is 32.7 Å². The first-order chi connectivity index (χ1) is 10.5. The summed E-state index contributed by atoms with van der Waals surface area (Å²) in [6, 6.07) is 6.62. The zero-order valence-electron chi connectivity index (χ0n) is 13.1. The third-order valence-electron chi connectivity index (χ3n) is 5.37. The lowest BCUT2D eigenvalue weighted by Gasteiger charge is -2.58. The van der Waals surface area contributed by atoms with Gasteiger partial charge in [0.15, 0.2) is 0 Å². The van der Waals surface area contributed by atoms with E-state index in [4.69, 9.17) is 4.74 Å². The van der Waals surface area contributed by atoms with Crippen molar-refractivity contribution in [3.05, 3.63) is 29.0 Å². The number of ether oxygens (including phenoxy) is 1. The molecule has 0 radical (unpaired) electrons. The fourth-order valence-corrected chi connectivity index (χ4v) is 4.87. The van der Waals surface area contributed by atoms with E-state index in [1.54, 1.807) is 6.33 Å².